The molecule has 1 saturated heterocycles. The lowest BCUT2D eigenvalue weighted by Gasteiger charge is -2.36. The molecule has 2 aliphatic rings. The van der Waals surface area contributed by atoms with E-state index in [4.69, 9.17) is 9.47 Å². The molecular weight excluding hydrogens is 280 g/mol. The maximum atomic E-state index is 12.6. The Balaban J connectivity index is 1.60. The molecule has 1 aromatic rings. The zero-order valence-electron chi connectivity index (χ0n) is 13.2. The molecule has 5 heteroatoms. The standard InChI is InChI=1S/C17H24N2O3/c1-3-19(17(20)12(2)13-8-18-9-13)10-14-11-21-15-6-4-5-7-16(15)22-14/h4-7,12-14,18H,3,8-11H2,1-2H3. The van der Waals surface area contributed by atoms with Crippen molar-refractivity contribution in [2.75, 3.05) is 32.8 Å². The van der Waals surface area contributed by atoms with E-state index in [-0.39, 0.29) is 17.9 Å². The highest BCUT2D eigenvalue weighted by Gasteiger charge is 2.33. The number of hydrogen-bond donors (Lipinski definition) is 1. The molecule has 3 rings (SSSR count). The first-order chi connectivity index (χ1) is 10.7. The monoisotopic (exact) mass is 304 g/mol. The number of rotatable bonds is 5. The molecular formula is C17H24N2O3. The third-order valence-electron chi connectivity index (χ3n) is 4.59. The maximum Gasteiger partial charge on any atom is 0.225 e. The third-order valence-corrected chi connectivity index (χ3v) is 4.59. The van der Waals surface area contributed by atoms with Crippen molar-refractivity contribution in [2.24, 2.45) is 11.8 Å². The smallest absolute Gasteiger partial charge is 0.225 e. The Morgan fingerprint density at radius 1 is 1.36 bits per heavy atom. The minimum absolute atomic E-state index is 0.0676. The van der Waals surface area contributed by atoms with Crippen LogP contribution in [0.25, 0.3) is 0 Å². The Morgan fingerprint density at radius 3 is 2.73 bits per heavy atom. The summed E-state index contributed by atoms with van der Waals surface area (Å²) < 4.78 is 11.7. The summed E-state index contributed by atoms with van der Waals surface area (Å²) in [4.78, 5) is 14.5. The maximum absolute atomic E-state index is 12.6. The molecule has 1 fully saturated rings. The van der Waals surface area contributed by atoms with Gasteiger partial charge < -0.3 is 19.7 Å². The Hall–Kier alpha value is -1.75. The van der Waals surface area contributed by atoms with Crippen molar-refractivity contribution >= 4 is 5.91 Å². The number of nitrogens with one attached hydrogen (secondary N) is 1. The van der Waals surface area contributed by atoms with Crippen molar-refractivity contribution < 1.29 is 14.3 Å². The number of hydrogen-bond acceptors (Lipinski definition) is 4. The van der Waals surface area contributed by atoms with E-state index in [1.807, 2.05) is 43.0 Å². The number of ether oxygens (including phenoxy) is 2. The van der Waals surface area contributed by atoms with Gasteiger partial charge in [-0.3, -0.25) is 4.79 Å². The number of benzene rings is 1. The van der Waals surface area contributed by atoms with Gasteiger partial charge in [-0.25, -0.2) is 0 Å². The van der Waals surface area contributed by atoms with Crippen molar-refractivity contribution in [1.82, 2.24) is 10.2 Å². The Morgan fingerprint density at radius 2 is 2.09 bits per heavy atom. The molecule has 1 aromatic carbocycles. The van der Waals surface area contributed by atoms with E-state index < -0.39 is 0 Å². The van der Waals surface area contributed by atoms with Crippen molar-refractivity contribution in [3.63, 3.8) is 0 Å². The molecule has 2 aliphatic heterocycles. The average Bonchev–Trinajstić information content (AvgIpc) is 2.50. The summed E-state index contributed by atoms with van der Waals surface area (Å²) in [6.45, 7) is 7.70. The van der Waals surface area contributed by atoms with E-state index in [1.54, 1.807) is 0 Å². The highest BCUT2D eigenvalue weighted by atomic mass is 16.6. The van der Waals surface area contributed by atoms with Gasteiger partial charge in [-0.1, -0.05) is 19.1 Å². The lowest BCUT2D eigenvalue weighted by atomic mass is 9.88. The fourth-order valence-corrected chi connectivity index (χ4v) is 2.93. The largest absolute Gasteiger partial charge is 0.486 e. The molecule has 2 atom stereocenters. The van der Waals surface area contributed by atoms with Gasteiger partial charge in [0, 0.05) is 12.5 Å². The van der Waals surface area contributed by atoms with Crippen molar-refractivity contribution in [3.05, 3.63) is 24.3 Å². The van der Waals surface area contributed by atoms with Crippen LogP contribution >= 0.6 is 0 Å². The molecule has 22 heavy (non-hydrogen) atoms. The van der Waals surface area contributed by atoms with E-state index in [1.165, 1.54) is 0 Å². The molecule has 0 saturated carbocycles. The first-order valence-electron chi connectivity index (χ1n) is 8.07. The fourth-order valence-electron chi connectivity index (χ4n) is 2.93. The van der Waals surface area contributed by atoms with E-state index in [0.29, 0.717) is 25.6 Å². The molecule has 0 radical (unpaired) electrons. The zero-order valence-corrected chi connectivity index (χ0v) is 13.2. The van der Waals surface area contributed by atoms with Crippen LogP contribution in [-0.2, 0) is 4.79 Å². The van der Waals surface area contributed by atoms with Crippen LogP contribution in [0, 0.1) is 11.8 Å². The topological polar surface area (TPSA) is 50.8 Å². The Kier molecular flexibility index (Phi) is 4.52. The summed E-state index contributed by atoms with van der Waals surface area (Å²) in [5.41, 5.74) is 0. The lowest BCUT2D eigenvalue weighted by molar-refractivity contribution is -0.138. The molecule has 5 nitrogen and oxygen atoms in total. The number of carbonyl (C=O) groups excluding carboxylic acids is 1. The minimum atomic E-state index is -0.106. The van der Waals surface area contributed by atoms with Crippen LogP contribution in [0.5, 0.6) is 11.5 Å². The summed E-state index contributed by atoms with van der Waals surface area (Å²) >= 11 is 0. The molecule has 120 valence electrons. The van der Waals surface area contributed by atoms with Gasteiger partial charge in [0.2, 0.25) is 5.91 Å². The molecule has 1 N–H and O–H groups in total. The van der Waals surface area contributed by atoms with E-state index in [9.17, 15) is 4.79 Å². The van der Waals surface area contributed by atoms with Gasteiger partial charge in [-0.15, -0.1) is 0 Å². The molecule has 0 bridgehead atoms. The molecule has 0 spiro atoms. The zero-order chi connectivity index (χ0) is 15.5. The Bertz CT molecular complexity index is 530. The van der Waals surface area contributed by atoms with Crippen molar-refractivity contribution in [3.8, 4) is 11.5 Å². The van der Waals surface area contributed by atoms with E-state index in [0.717, 1.165) is 24.6 Å². The van der Waals surface area contributed by atoms with Crippen molar-refractivity contribution in [2.45, 2.75) is 20.0 Å². The van der Waals surface area contributed by atoms with Gasteiger partial charge in [0.15, 0.2) is 17.6 Å². The highest BCUT2D eigenvalue weighted by Crippen LogP contribution is 2.31. The minimum Gasteiger partial charge on any atom is -0.486 e. The molecule has 1 amide bonds. The van der Waals surface area contributed by atoms with Crippen LogP contribution in [0.2, 0.25) is 0 Å². The summed E-state index contributed by atoms with van der Waals surface area (Å²) in [7, 11) is 0. The first-order valence-corrected chi connectivity index (χ1v) is 8.07. The van der Waals surface area contributed by atoms with E-state index in [2.05, 4.69) is 5.32 Å². The SMILES string of the molecule is CCN(CC1COc2ccccc2O1)C(=O)C(C)C1CNC1. The Labute approximate surface area is 131 Å². The van der Waals surface area contributed by atoms with Gasteiger partial charge >= 0.3 is 0 Å². The number of likely N-dealkylation sites (N-methyl/N-ethyl adjacent to an activating group) is 1. The summed E-state index contributed by atoms with van der Waals surface area (Å²) in [5, 5.41) is 3.23. The van der Waals surface area contributed by atoms with E-state index >= 15 is 0 Å². The van der Waals surface area contributed by atoms with Gasteiger partial charge in [0.05, 0.1) is 6.54 Å². The quantitative estimate of drug-likeness (QED) is 0.896. The first kappa shape index (κ1) is 15.2. The van der Waals surface area contributed by atoms with Gasteiger partial charge in [-0.05, 0) is 38.1 Å². The molecule has 2 unspecified atom stereocenters. The molecule has 0 aromatic heterocycles. The average molecular weight is 304 g/mol. The lowest BCUT2D eigenvalue weighted by Crippen LogP contribution is -2.52. The second-order valence-electron chi connectivity index (χ2n) is 6.08. The summed E-state index contributed by atoms with van der Waals surface area (Å²) in [6.07, 6.45) is -0.106. The third kappa shape index (κ3) is 3.04. The normalized spacial score (nSPS) is 21.8. The summed E-state index contributed by atoms with van der Waals surface area (Å²) in [5.74, 6) is 2.29. The van der Waals surface area contributed by atoms with Crippen LogP contribution in [-0.4, -0.2) is 49.7 Å². The highest BCUT2D eigenvalue weighted by molar-refractivity contribution is 5.79. The number of para-hydroxylation sites is 2. The second-order valence-corrected chi connectivity index (χ2v) is 6.08. The number of nitrogens with zero attached hydrogens (tertiary/aromatic N) is 1. The van der Waals surface area contributed by atoms with Gasteiger partial charge in [0.1, 0.15) is 6.61 Å². The van der Waals surface area contributed by atoms with Crippen LogP contribution in [0.1, 0.15) is 13.8 Å². The van der Waals surface area contributed by atoms with Crippen LogP contribution in [0.15, 0.2) is 24.3 Å². The molecule has 2 heterocycles. The van der Waals surface area contributed by atoms with Crippen LogP contribution in [0.4, 0.5) is 0 Å². The number of carbonyl (C=O) groups is 1. The predicted octanol–water partition coefficient (Wildman–Crippen LogP) is 1.53. The van der Waals surface area contributed by atoms with Gasteiger partial charge in [-0.2, -0.15) is 0 Å². The van der Waals surface area contributed by atoms with Crippen LogP contribution < -0.4 is 14.8 Å². The summed E-state index contributed by atoms with van der Waals surface area (Å²) in [6, 6.07) is 7.67. The molecule has 0 aliphatic carbocycles. The second kappa shape index (κ2) is 6.57. The van der Waals surface area contributed by atoms with Gasteiger partial charge in [0.25, 0.3) is 0 Å². The van der Waals surface area contributed by atoms with Crippen LogP contribution in [0.3, 0.4) is 0 Å². The fraction of sp³-hybridized carbons (Fsp3) is 0.588. The number of fused-ring (bicyclic) bond motifs is 1. The number of amides is 1. The predicted molar refractivity (Wildman–Crippen MR) is 84.1 cm³/mol. The van der Waals surface area contributed by atoms with Crippen molar-refractivity contribution in [1.29, 1.82) is 0 Å².